The molecule has 3 rings (SSSR count). The summed E-state index contributed by atoms with van der Waals surface area (Å²) < 4.78 is 0. The zero-order valence-electron chi connectivity index (χ0n) is 19.9. The van der Waals surface area contributed by atoms with Crippen LogP contribution in [0.25, 0.3) is 0 Å². The molecule has 0 aromatic rings. The maximum atomic E-state index is 12.8. The molecule has 3 aliphatic rings. The molecule has 1 heterocycles. The highest BCUT2D eigenvalue weighted by molar-refractivity contribution is 6.59. The molecule has 2 N–H and O–H groups in total. The van der Waals surface area contributed by atoms with Crippen molar-refractivity contribution >= 4 is 37.2 Å². The summed E-state index contributed by atoms with van der Waals surface area (Å²) in [6, 6.07) is -1.58. The number of nitrogens with zero attached hydrogens (tertiary/aromatic N) is 1. The highest BCUT2D eigenvalue weighted by Gasteiger charge is 2.60. The van der Waals surface area contributed by atoms with Crippen molar-refractivity contribution in [3.63, 3.8) is 0 Å². The number of fused-ring (bicyclic) bond motifs is 5. The van der Waals surface area contributed by atoms with Crippen molar-refractivity contribution in [3.8, 4) is 0 Å². The van der Waals surface area contributed by atoms with Gasteiger partial charge >= 0.3 is 0 Å². The number of hydrogen-bond acceptors (Lipinski definition) is 5. The Bertz CT molecular complexity index is 870. The maximum Gasteiger partial charge on any atom is 0.243 e. The Kier molecular flexibility index (Phi) is 7.80. The van der Waals surface area contributed by atoms with Crippen LogP contribution in [0.3, 0.4) is 0 Å². The van der Waals surface area contributed by atoms with E-state index in [0.29, 0.717) is 25.8 Å². The van der Waals surface area contributed by atoms with E-state index in [1.807, 2.05) is 13.8 Å². The maximum absolute atomic E-state index is 12.8. The molecular weight excluding hydrogens is 421 g/mol. The van der Waals surface area contributed by atoms with E-state index in [1.165, 1.54) is 17.4 Å². The van der Waals surface area contributed by atoms with Gasteiger partial charge in [0.05, 0.1) is 23.6 Å². The second-order valence-electron chi connectivity index (χ2n) is 10.0. The molecule has 8 nitrogen and oxygen atoms in total. The number of carbonyl (C=O) groups excluding carboxylic acids is 5. The number of nitrogens with one attached hydrogen (secondary N) is 2. The molecule has 2 bridgehead atoms. The van der Waals surface area contributed by atoms with Crippen molar-refractivity contribution in [3.05, 3.63) is 11.6 Å². The topological polar surface area (TPSA) is 113 Å². The molecular formula is C24H34BN3O5. The van der Waals surface area contributed by atoms with Crippen molar-refractivity contribution < 1.29 is 24.0 Å². The lowest BCUT2D eigenvalue weighted by Gasteiger charge is -2.23. The van der Waals surface area contributed by atoms with Gasteiger partial charge in [0.15, 0.2) is 7.85 Å². The molecule has 0 aromatic heterocycles. The molecule has 2 radical (unpaired) electrons. The van der Waals surface area contributed by atoms with Crippen molar-refractivity contribution in [2.45, 2.75) is 71.9 Å². The standard InChI is InChI=1S/C24H34BN3O5/c1-12(2)20(22(31)26-14(4)21(25)30)27-17(29)8-6-5-7-9-28-23(32)18-15-10-13(3)16(11-15)19(18)24(28)33/h10,12,14-16,18-20H,5-9,11H2,1-4H3,(H,26,31)(H,27,29)/t14-,15?,16?,18?,19?,20?/m0/s1. The van der Waals surface area contributed by atoms with Crippen LogP contribution in [0.4, 0.5) is 0 Å². The fourth-order valence-corrected chi connectivity index (χ4v) is 5.44. The van der Waals surface area contributed by atoms with Crippen LogP contribution in [0.1, 0.15) is 59.8 Å². The Balaban J connectivity index is 1.39. The van der Waals surface area contributed by atoms with E-state index in [0.717, 1.165) is 6.42 Å². The molecule has 1 saturated heterocycles. The molecule has 33 heavy (non-hydrogen) atoms. The first-order valence-electron chi connectivity index (χ1n) is 12.0. The number of rotatable bonds is 11. The lowest BCUT2D eigenvalue weighted by atomic mass is 9.82. The highest BCUT2D eigenvalue weighted by Crippen LogP contribution is 2.55. The lowest BCUT2D eigenvalue weighted by molar-refractivity contribution is -0.140. The van der Waals surface area contributed by atoms with Gasteiger partial charge in [-0.15, -0.1) is 0 Å². The first kappa shape index (κ1) is 25.2. The molecule has 6 atom stereocenters. The summed E-state index contributed by atoms with van der Waals surface area (Å²) in [5.74, 6) is -0.827. The molecule has 0 aromatic carbocycles. The number of likely N-dealkylation sites (tertiary alicyclic amines) is 1. The predicted molar refractivity (Wildman–Crippen MR) is 123 cm³/mol. The van der Waals surface area contributed by atoms with Gasteiger partial charge in [-0.2, -0.15) is 0 Å². The summed E-state index contributed by atoms with van der Waals surface area (Å²) in [5, 5.41) is 5.24. The van der Waals surface area contributed by atoms with E-state index < -0.39 is 23.7 Å². The number of amides is 4. The molecule has 4 amide bonds. The second-order valence-corrected chi connectivity index (χ2v) is 10.0. The Morgan fingerprint density at radius 1 is 1.06 bits per heavy atom. The Morgan fingerprint density at radius 2 is 1.73 bits per heavy atom. The first-order valence-corrected chi connectivity index (χ1v) is 12.0. The van der Waals surface area contributed by atoms with Crippen LogP contribution in [0, 0.1) is 29.6 Å². The van der Waals surface area contributed by atoms with Crippen LogP contribution in [0.15, 0.2) is 11.6 Å². The Hall–Kier alpha value is -2.45. The lowest BCUT2D eigenvalue weighted by Crippen LogP contribution is -2.53. The first-order chi connectivity index (χ1) is 15.5. The van der Waals surface area contributed by atoms with E-state index in [4.69, 9.17) is 7.85 Å². The summed E-state index contributed by atoms with van der Waals surface area (Å²) in [4.78, 5) is 62.9. The molecule has 1 aliphatic heterocycles. The average Bonchev–Trinajstić information content (AvgIpc) is 3.37. The van der Waals surface area contributed by atoms with Gasteiger partial charge in [-0.05, 0) is 50.9 Å². The fourth-order valence-electron chi connectivity index (χ4n) is 5.44. The summed E-state index contributed by atoms with van der Waals surface area (Å²) in [6.45, 7) is 7.56. The van der Waals surface area contributed by atoms with E-state index in [1.54, 1.807) is 0 Å². The van der Waals surface area contributed by atoms with E-state index >= 15 is 0 Å². The van der Waals surface area contributed by atoms with Gasteiger partial charge in [0, 0.05) is 13.0 Å². The number of allylic oxidation sites excluding steroid dienone is 2. The van der Waals surface area contributed by atoms with Crippen molar-refractivity contribution in [2.75, 3.05) is 6.54 Å². The van der Waals surface area contributed by atoms with Crippen LogP contribution in [0.2, 0.25) is 0 Å². The largest absolute Gasteiger partial charge is 0.346 e. The van der Waals surface area contributed by atoms with Gasteiger partial charge < -0.3 is 15.4 Å². The molecule has 2 aliphatic carbocycles. The third kappa shape index (κ3) is 5.22. The van der Waals surface area contributed by atoms with Crippen LogP contribution >= 0.6 is 0 Å². The smallest absolute Gasteiger partial charge is 0.243 e. The molecule has 178 valence electrons. The summed E-state index contributed by atoms with van der Waals surface area (Å²) in [6.07, 6.45) is 5.27. The molecule has 1 saturated carbocycles. The van der Waals surface area contributed by atoms with Crippen LogP contribution in [-0.4, -0.2) is 60.7 Å². The van der Waals surface area contributed by atoms with Crippen molar-refractivity contribution in [1.29, 1.82) is 0 Å². The second kappa shape index (κ2) is 10.2. The van der Waals surface area contributed by atoms with Crippen LogP contribution in [0.5, 0.6) is 0 Å². The summed E-state index contributed by atoms with van der Waals surface area (Å²) >= 11 is 0. The third-order valence-electron chi connectivity index (χ3n) is 7.31. The highest BCUT2D eigenvalue weighted by atomic mass is 16.2. The van der Waals surface area contributed by atoms with Crippen molar-refractivity contribution in [2.24, 2.45) is 29.6 Å². The van der Waals surface area contributed by atoms with Crippen molar-refractivity contribution in [1.82, 2.24) is 15.5 Å². The quantitative estimate of drug-likeness (QED) is 0.210. The summed E-state index contributed by atoms with van der Waals surface area (Å²) in [5.41, 5.74) is 0.600. The SMILES string of the molecule is [B]C(=O)[C@H](C)NC(=O)C(NC(=O)CCCCCN1C(=O)C2C3C=C(C)C(C3)C2C1=O)C(C)C. The average molecular weight is 455 g/mol. The predicted octanol–water partition coefficient (Wildman–Crippen LogP) is 1.08. The van der Waals surface area contributed by atoms with Gasteiger partial charge in [0.2, 0.25) is 23.6 Å². The van der Waals surface area contributed by atoms with Gasteiger partial charge in [-0.25, -0.2) is 0 Å². The number of imide groups is 1. The van der Waals surface area contributed by atoms with Crippen LogP contribution in [-0.2, 0) is 24.0 Å². The fraction of sp³-hybridized carbons (Fsp3) is 0.708. The van der Waals surface area contributed by atoms with Gasteiger partial charge in [0.1, 0.15) is 6.04 Å². The molecule has 5 unspecified atom stereocenters. The molecule has 2 fully saturated rings. The minimum absolute atomic E-state index is 0.0290. The summed E-state index contributed by atoms with van der Waals surface area (Å²) in [7, 11) is 5.18. The minimum atomic E-state index is -0.818. The van der Waals surface area contributed by atoms with Gasteiger partial charge in [-0.3, -0.25) is 24.1 Å². The van der Waals surface area contributed by atoms with Gasteiger partial charge in [-0.1, -0.05) is 31.9 Å². The molecule has 0 spiro atoms. The van der Waals surface area contributed by atoms with Crippen LogP contribution < -0.4 is 10.6 Å². The molecule has 9 heteroatoms. The zero-order valence-corrected chi connectivity index (χ0v) is 19.9. The van der Waals surface area contributed by atoms with Gasteiger partial charge in [0.25, 0.3) is 0 Å². The minimum Gasteiger partial charge on any atom is -0.346 e. The Labute approximate surface area is 196 Å². The zero-order chi connectivity index (χ0) is 24.4. The monoisotopic (exact) mass is 455 g/mol. The number of unbranched alkanes of at least 4 members (excludes halogenated alkanes) is 2. The van der Waals surface area contributed by atoms with E-state index in [2.05, 4.69) is 23.6 Å². The normalized spacial score (nSPS) is 27.4. The van der Waals surface area contributed by atoms with E-state index in [-0.39, 0.29) is 53.7 Å². The number of carbonyl (C=O) groups is 5. The Morgan fingerprint density at radius 3 is 2.36 bits per heavy atom. The number of hydrogen-bond donors (Lipinski definition) is 2. The van der Waals surface area contributed by atoms with E-state index in [9.17, 15) is 24.0 Å². The third-order valence-corrected chi connectivity index (χ3v) is 7.31.